The summed E-state index contributed by atoms with van der Waals surface area (Å²) in [6, 6.07) is 9.78. The van der Waals surface area contributed by atoms with E-state index < -0.39 is 18.5 Å². The van der Waals surface area contributed by atoms with Gasteiger partial charge in [0.15, 0.2) is 0 Å². The summed E-state index contributed by atoms with van der Waals surface area (Å²) in [6.45, 7) is -3.02. The molecule has 2 aromatic rings. The van der Waals surface area contributed by atoms with E-state index in [2.05, 4.69) is 20.7 Å². The lowest BCUT2D eigenvalue weighted by atomic mass is 10.0. The second-order valence-corrected chi connectivity index (χ2v) is 4.90. The van der Waals surface area contributed by atoms with Gasteiger partial charge in [-0.25, -0.2) is 4.39 Å². The van der Waals surface area contributed by atoms with Crippen molar-refractivity contribution in [2.45, 2.75) is 12.7 Å². The van der Waals surface area contributed by atoms with Crippen molar-refractivity contribution in [1.29, 1.82) is 0 Å². The highest BCUT2D eigenvalue weighted by molar-refractivity contribution is 9.10. The minimum atomic E-state index is -3.02. The molecule has 1 unspecified atom stereocenters. The third-order valence-corrected chi connectivity index (χ3v) is 3.18. The van der Waals surface area contributed by atoms with Gasteiger partial charge in [0.25, 0.3) is 0 Å². The zero-order valence-corrected chi connectivity index (χ0v) is 11.6. The Labute approximate surface area is 121 Å². The molecule has 0 saturated heterocycles. The second kappa shape index (κ2) is 6.28. The Morgan fingerprint density at radius 3 is 2.45 bits per heavy atom. The molecule has 0 heterocycles. The van der Waals surface area contributed by atoms with Crippen LogP contribution in [0.25, 0.3) is 0 Å². The van der Waals surface area contributed by atoms with Crippen molar-refractivity contribution in [2.75, 3.05) is 0 Å². The predicted octanol–water partition coefficient (Wildman–Crippen LogP) is 4.27. The average molecular weight is 347 g/mol. The molecule has 2 rings (SSSR count). The van der Waals surface area contributed by atoms with E-state index in [1.165, 1.54) is 36.4 Å². The second-order valence-electron chi connectivity index (χ2n) is 3.98. The molecule has 0 amide bonds. The summed E-state index contributed by atoms with van der Waals surface area (Å²) < 4.78 is 43.3. The highest BCUT2D eigenvalue weighted by atomic mass is 79.9. The zero-order chi connectivity index (χ0) is 14.7. The minimum absolute atomic E-state index is 0.0234. The van der Waals surface area contributed by atoms with Crippen molar-refractivity contribution in [1.82, 2.24) is 0 Å². The van der Waals surface area contributed by atoms with Gasteiger partial charge in [-0.2, -0.15) is 8.78 Å². The lowest BCUT2D eigenvalue weighted by molar-refractivity contribution is -0.0512. The van der Waals surface area contributed by atoms with E-state index in [0.717, 1.165) is 0 Å². The molecule has 0 aliphatic rings. The number of para-hydroxylation sites is 1. The van der Waals surface area contributed by atoms with Gasteiger partial charge in [-0.15, -0.1) is 0 Å². The van der Waals surface area contributed by atoms with Crippen molar-refractivity contribution in [3.05, 3.63) is 63.9 Å². The number of aliphatic hydroxyl groups excluding tert-OH is 1. The van der Waals surface area contributed by atoms with E-state index >= 15 is 0 Å². The number of alkyl halides is 2. The zero-order valence-electron chi connectivity index (χ0n) is 10.1. The Kier molecular flexibility index (Phi) is 4.67. The van der Waals surface area contributed by atoms with Crippen LogP contribution in [0.2, 0.25) is 0 Å². The molecule has 2 nitrogen and oxygen atoms in total. The van der Waals surface area contributed by atoms with Crippen molar-refractivity contribution in [3.8, 4) is 5.75 Å². The fourth-order valence-electron chi connectivity index (χ4n) is 1.80. The van der Waals surface area contributed by atoms with Crippen molar-refractivity contribution in [2.24, 2.45) is 0 Å². The third-order valence-electron chi connectivity index (χ3n) is 2.68. The predicted molar refractivity (Wildman–Crippen MR) is 71.2 cm³/mol. The van der Waals surface area contributed by atoms with Gasteiger partial charge in [0.2, 0.25) is 0 Å². The molecule has 20 heavy (non-hydrogen) atoms. The average Bonchev–Trinajstić information content (AvgIpc) is 2.41. The van der Waals surface area contributed by atoms with Gasteiger partial charge in [-0.1, -0.05) is 34.1 Å². The maximum atomic E-state index is 13.7. The molecule has 0 fully saturated rings. The Balaban J connectivity index is 2.42. The van der Waals surface area contributed by atoms with E-state index in [-0.39, 0.29) is 16.9 Å². The molecule has 0 saturated carbocycles. The van der Waals surface area contributed by atoms with Crippen LogP contribution in [0, 0.1) is 5.82 Å². The summed E-state index contributed by atoms with van der Waals surface area (Å²) in [5.74, 6) is -0.818. The maximum absolute atomic E-state index is 13.7. The van der Waals surface area contributed by atoms with Crippen molar-refractivity contribution >= 4 is 15.9 Å². The first kappa shape index (κ1) is 14.9. The summed E-state index contributed by atoms with van der Waals surface area (Å²) in [7, 11) is 0. The minimum Gasteiger partial charge on any atom is -0.434 e. The molecule has 106 valence electrons. The van der Waals surface area contributed by atoms with Crippen LogP contribution in [0.15, 0.2) is 46.9 Å². The Bertz CT molecular complexity index is 605. The number of benzene rings is 2. The fourth-order valence-corrected chi connectivity index (χ4v) is 2.18. The largest absolute Gasteiger partial charge is 0.434 e. The first-order valence-corrected chi connectivity index (χ1v) is 6.45. The number of hydrogen-bond acceptors (Lipinski definition) is 2. The van der Waals surface area contributed by atoms with Gasteiger partial charge in [0.05, 0.1) is 0 Å². The first-order chi connectivity index (χ1) is 9.49. The molecule has 0 bridgehead atoms. The van der Waals surface area contributed by atoms with Gasteiger partial charge in [-0.3, -0.25) is 0 Å². The normalized spacial score (nSPS) is 12.5. The molecule has 0 aliphatic heterocycles. The van der Waals surface area contributed by atoms with E-state index in [0.29, 0.717) is 4.47 Å². The number of aliphatic hydroxyl groups is 1. The quantitative estimate of drug-likeness (QED) is 0.895. The molecule has 0 aromatic heterocycles. The standard InChI is InChI=1S/C14H10BrF3O2/c15-8-5-6-11(16)10(7-8)13(19)9-3-1-2-4-12(9)20-14(17)18/h1-7,13-14,19H. The molecule has 0 aliphatic carbocycles. The smallest absolute Gasteiger partial charge is 0.387 e. The first-order valence-electron chi connectivity index (χ1n) is 5.66. The van der Waals surface area contributed by atoms with Crippen LogP contribution in [0.1, 0.15) is 17.2 Å². The fraction of sp³-hybridized carbons (Fsp3) is 0.143. The Hall–Kier alpha value is -1.53. The SMILES string of the molecule is OC(c1cc(Br)ccc1F)c1ccccc1OC(F)F. The van der Waals surface area contributed by atoms with E-state index in [1.807, 2.05) is 0 Å². The summed E-state index contributed by atoms with van der Waals surface area (Å²) in [5.41, 5.74) is 0.0505. The Morgan fingerprint density at radius 2 is 1.75 bits per heavy atom. The van der Waals surface area contributed by atoms with Crippen LogP contribution in [0.5, 0.6) is 5.75 Å². The highest BCUT2D eigenvalue weighted by Gasteiger charge is 2.20. The molecular weight excluding hydrogens is 337 g/mol. The van der Waals surface area contributed by atoms with E-state index in [4.69, 9.17) is 0 Å². The molecule has 0 spiro atoms. The van der Waals surface area contributed by atoms with Crippen LogP contribution in [0.3, 0.4) is 0 Å². The van der Waals surface area contributed by atoms with Crippen LogP contribution in [-0.4, -0.2) is 11.7 Å². The van der Waals surface area contributed by atoms with Crippen molar-refractivity contribution < 1.29 is 23.0 Å². The third kappa shape index (κ3) is 3.32. The van der Waals surface area contributed by atoms with Gasteiger partial charge < -0.3 is 9.84 Å². The number of hydrogen-bond donors (Lipinski definition) is 1. The van der Waals surface area contributed by atoms with Gasteiger partial charge in [0, 0.05) is 15.6 Å². The van der Waals surface area contributed by atoms with Crippen LogP contribution >= 0.6 is 15.9 Å². The van der Waals surface area contributed by atoms with E-state index in [1.54, 1.807) is 6.07 Å². The van der Waals surface area contributed by atoms with Gasteiger partial charge in [0.1, 0.15) is 17.7 Å². The summed E-state index contributed by atoms with van der Waals surface area (Å²) in [6.07, 6.45) is -1.40. The van der Waals surface area contributed by atoms with Crippen LogP contribution in [-0.2, 0) is 0 Å². The molecule has 0 radical (unpaired) electrons. The highest BCUT2D eigenvalue weighted by Crippen LogP contribution is 2.33. The number of halogens is 4. The molecule has 1 atom stereocenters. The van der Waals surface area contributed by atoms with Crippen LogP contribution < -0.4 is 4.74 Å². The lowest BCUT2D eigenvalue weighted by Crippen LogP contribution is -2.09. The maximum Gasteiger partial charge on any atom is 0.387 e. The van der Waals surface area contributed by atoms with Crippen molar-refractivity contribution in [3.63, 3.8) is 0 Å². The van der Waals surface area contributed by atoms with Crippen LogP contribution in [0.4, 0.5) is 13.2 Å². The summed E-state index contributed by atoms with van der Waals surface area (Å²) in [4.78, 5) is 0. The topological polar surface area (TPSA) is 29.5 Å². The lowest BCUT2D eigenvalue weighted by Gasteiger charge is -2.16. The monoisotopic (exact) mass is 346 g/mol. The molecule has 1 N–H and O–H groups in total. The summed E-state index contributed by atoms with van der Waals surface area (Å²) in [5, 5.41) is 10.2. The van der Waals surface area contributed by atoms with Gasteiger partial charge in [-0.05, 0) is 24.3 Å². The van der Waals surface area contributed by atoms with E-state index in [9.17, 15) is 18.3 Å². The summed E-state index contributed by atoms with van der Waals surface area (Å²) >= 11 is 3.17. The Morgan fingerprint density at radius 1 is 1.05 bits per heavy atom. The molecular formula is C14H10BrF3O2. The van der Waals surface area contributed by atoms with Gasteiger partial charge >= 0.3 is 6.61 Å². The number of ether oxygens (including phenoxy) is 1. The number of rotatable bonds is 4. The molecule has 2 aromatic carbocycles. The molecule has 6 heteroatoms.